The number of hydrogen-bond donors (Lipinski definition) is 1. The van der Waals surface area contributed by atoms with Crippen molar-refractivity contribution in [3.63, 3.8) is 0 Å². The smallest absolute Gasteiger partial charge is 0.411 e. The van der Waals surface area contributed by atoms with Gasteiger partial charge in [0.2, 0.25) is 5.78 Å². The number of aliphatic carboxylic acids is 1. The Bertz CT molecular complexity index is 607. The van der Waals surface area contributed by atoms with E-state index in [1.165, 1.54) is 12.1 Å². The van der Waals surface area contributed by atoms with Gasteiger partial charge < -0.3 is 5.11 Å². The number of Topliss-reactive ketones (excluding diaryl/α,β-unsaturated/α-hetero) is 1. The van der Waals surface area contributed by atoms with Crippen molar-refractivity contribution in [3.8, 4) is 0 Å². The number of halogens is 6. The quantitative estimate of drug-likeness (QED) is 0.628. The normalized spacial score (nSPS) is 13.3. The predicted octanol–water partition coefficient (Wildman–Crippen LogP) is 3.98. The number of carbonyl (C=O) groups excluding carboxylic acids is 1. The minimum absolute atomic E-state index is 0.0440. The maximum absolute atomic E-state index is 13.6. The summed E-state index contributed by atoms with van der Waals surface area (Å²) in [5.74, 6) is -24.5. The summed E-state index contributed by atoms with van der Waals surface area (Å²) < 4.78 is 79.4. The van der Waals surface area contributed by atoms with Gasteiger partial charge in [0.05, 0.1) is 0 Å². The number of rotatable bonds is 6. The van der Waals surface area contributed by atoms with Crippen LogP contribution in [0.1, 0.15) is 35.7 Å². The van der Waals surface area contributed by atoms with E-state index in [-0.39, 0.29) is 5.92 Å². The van der Waals surface area contributed by atoms with Crippen molar-refractivity contribution in [2.45, 2.75) is 37.5 Å². The summed E-state index contributed by atoms with van der Waals surface area (Å²) >= 11 is 0. The molecule has 1 aromatic rings. The van der Waals surface area contributed by atoms with Gasteiger partial charge in [0.15, 0.2) is 0 Å². The third kappa shape index (κ3) is 3.04. The van der Waals surface area contributed by atoms with E-state index in [9.17, 15) is 35.9 Å². The predicted molar refractivity (Wildman–Crippen MR) is 67.3 cm³/mol. The maximum atomic E-state index is 13.6. The molecule has 0 spiro atoms. The highest BCUT2D eigenvalue weighted by Gasteiger charge is 2.78. The summed E-state index contributed by atoms with van der Waals surface area (Å²) in [7, 11) is 0. The van der Waals surface area contributed by atoms with Crippen LogP contribution in [-0.4, -0.2) is 34.6 Å². The third-order valence-corrected chi connectivity index (χ3v) is 3.18. The van der Waals surface area contributed by atoms with Gasteiger partial charge >= 0.3 is 23.7 Å². The van der Waals surface area contributed by atoms with E-state index < -0.39 is 35.1 Å². The van der Waals surface area contributed by atoms with Gasteiger partial charge in [-0.25, -0.2) is 4.79 Å². The molecular formula is C14H12F6O3. The highest BCUT2D eigenvalue weighted by molar-refractivity contribution is 6.02. The van der Waals surface area contributed by atoms with Crippen LogP contribution in [-0.2, 0) is 4.79 Å². The minimum atomic E-state index is -6.39. The molecule has 0 amide bonds. The van der Waals surface area contributed by atoms with E-state index in [0.717, 1.165) is 12.1 Å². The van der Waals surface area contributed by atoms with Crippen LogP contribution in [0.2, 0.25) is 0 Å². The standard InChI is InChI=1S/C14H12F6O3/c1-7(2)8-3-5-9(6-4-8)10(21)12(15,16)14(19,20)13(17,18)11(22)23/h3-7H,1-2H3,(H,22,23). The first-order valence-electron chi connectivity index (χ1n) is 6.28. The van der Waals surface area contributed by atoms with Crippen molar-refractivity contribution in [3.05, 3.63) is 35.4 Å². The van der Waals surface area contributed by atoms with Crippen LogP contribution >= 0.6 is 0 Å². The minimum Gasteiger partial charge on any atom is -0.477 e. The second-order valence-electron chi connectivity index (χ2n) is 5.13. The van der Waals surface area contributed by atoms with Crippen LogP contribution in [0.15, 0.2) is 24.3 Å². The van der Waals surface area contributed by atoms with Crippen molar-refractivity contribution in [1.29, 1.82) is 0 Å². The highest BCUT2D eigenvalue weighted by atomic mass is 19.3. The molecule has 128 valence electrons. The van der Waals surface area contributed by atoms with Crippen molar-refractivity contribution >= 4 is 11.8 Å². The van der Waals surface area contributed by atoms with Crippen LogP contribution in [0.25, 0.3) is 0 Å². The lowest BCUT2D eigenvalue weighted by Crippen LogP contribution is -2.60. The molecule has 0 aliphatic heterocycles. The molecule has 0 heterocycles. The first kappa shape index (κ1) is 19.0. The van der Waals surface area contributed by atoms with Crippen LogP contribution in [0.3, 0.4) is 0 Å². The maximum Gasteiger partial charge on any atom is 0.411 e. The molecule has 0 fully saturated rings. The first-order valence-corrected chi connectivity index (χ1v) is 6.28. The van der Waals surface area contributed by atoms with Crippen LogP contribution in [0.4, 0.5) is 26.3 Å². The number of alkyl halides is 6. The lowest BCUT2D eigenvalue weighted by molar-refractivity contribution is -0.285. The van der Waals surface area contributed by atoms with Crippen molar-refractivity contribution in [2.24, 2.45) is 0 Å². The van der Waals surface area contributed by atoms with E-state index in [4.69, 9.17) is 5.11 Å². The molecule has 3 nitrogen and oxygen atoms in total. The molecule has 23 heavy (non-hydrogen) atoms. The number of benzene rings is 1. The molecular weight excluding hydrogens is 330 g/mol. The van der Waals surface area contributed by atoms with Gasteiger partial charge in [-0.2, -0.15) is 26.3 Å². The molecule has 0 saturated heterocycles. The molecule has 9 heteroatoms. The highest BCUT2D eigenvalue weighted by Crippen LogP contribution is 2.47. The second-order valence-corrected chi connectivity index (χ2v) is 5.13. The average molecular weight is 342 g/mol. The van der Waals surface area contributed by atoms with Crippen LogP contribution in [0.5, 0.6) is 0 Å². The number of ketones is 1. The molecule has 1 rings (SSSR count). The Balaban J connectivity index is 3.26. The topological polar surface area (TPSA) is 54.4 Å². The van der Waals surface area contributed by atoms with Gasteiger partial charge in [0.1, 0.15) is 0 Å². The zero-order valence-electron chi connectivity index (χ0n) is 11.9. The Morgan fingerprint density at radius 2 is 1.35 bits per heavy atom. The summed E-state index contributed by atoms with van der Waals surface area (Å²) in [5, 5.41) is 8.02. The fourth-order valence-electron chi connectivity index (χ4n) is 1.67. The van der Waals surface area contributed by atoms with Crippen molar-refractivity contribution in [1.82, 2.24) is 0 Å². The van der Waals surface area contributed by atoms with E-state index in [2.05, 4.69) is 0 Å². The van der Waals surface area contributed by atoms with E-state index in [1.807, 2.05) is 0 Å². The lowest BCUT2D eigenvalue weighted by atomic mass is 9.94. The SMILES string of the molecule is CC(C)c1ccc(C(=O)C(F)(F)C(F)(F)C(F)(F)C(=O)O)cc1. The Morgan fingerprint density at radius 3 is 1.70 bits per heavy atom. The van der Waals surface area contributed by atoms with Gasteiger partial charge in [-0.15, -0.1) is 0 Å². The summed E-state index contributed by atoms with van der Waals surface area (Å²) in [4.78, 5) is 21.6. The van der Waals surface area contributed by atoms with Gasteiger partial charge in [-0.3, -0.25) is 4.79 Å². The first-order chi connectivity index (χ1) is 10.3. The van der Waals surface area contributed by atoms with E-state index >= 15 is 0 Å². The van der Waals surface area contributed by atoms with Gasteiger partial charge in [-0.05, 0) is 11.5 Å². The van der Waals surface area contributed by atoms with Gasteiger partial charge in [-0.1, -0.05) is 38.1 Å². The number of carboxylic acid groups (broad SMARTS) is 1. The summed E-state index contributed by atoms with van der Waals surface area (Å²) in [5.41, 5.74) is -0.326. The second kappa shape index (κ2) is 5.86. The lowest BCUT2D eigenvalue weighted by Gasteiger charge is -2.29. The van der Waals surface area contributed by atoms with Crippen molar-refractivity contribution in [2.75, 3.05) is 0 Å². The Kier molecular flexibility index (Phi) is 4.84. The van der Waals surface area contributed by atoms with Gasteiger partial charge in [0.25, 0.3) is 0 Å². The van der Waals surface area contributed by atoms with E-state index in [0.29, 0.717) is 5.56 Å². The van der Waals surface area contributed by atoms with Gasteiger partial charge in [0, 0.05) is 5.56 Å². The molecule has 1 N–H and O–H groups in total. The molecule has 0 unspecified atom stereocenters. The summed E-state index contributed by atoms with van der Waals surface area (Å²) in [6.07, 6.45) is 0. The third-order valence-electron chi connectivity index (χ3n) is 3.18. The largest absolute Gasteiger partial charge is 0.477 e. The Morgan fingerprint density at radius 1 is 0.913 bits per heavy atom. The number of carbonyl (C=O) groups is 2. The molecule has 0 radical (unpaired) electrons. The zero-order valence-corrected chi connectivity index (χ0v) is 11.9. The molecule has 0 aliphatic rings. The molecule has 0 atom stereocenters. The monoisotopic (exact) mass is 342 g/mol. The number of hydrogen-bond acceptors (Lipinski definition) is 2. The van der Waals surface area contributed by atoms with Crippen LogP contribution < -0.4 is 0 Å². The number of carboxylic acids is 1. The molecule has 0 bridgehead atoms. The molecule has 1 aromatic carbocycles. The Labute approximate surface area is 126 Å². The summed E-state index contributed by atoms with van der Waals surface area (Å²) in [6.45, 7) is 3.49. The van der Waals surface area contributed by atoms with E-state index in [1.54, 1.807) is 13.8 Å². The zero-order chi connectivity index (χ0) is 18.2. The molecule has 0 saturated carbocycles. The molecule has 0 aromatic heterocycles. The molecule has 0 aliphatic carbocycles. The van der Waals surface area contributed by atoms with Crippen molar-refractivity contribution < 1.29 is 41.0 Å². The average Bonchev–Trinajstić information content (AvgIpc) is 2.45. The van der Waals surface area contributed by atoms with Crippen LogP contribution in [0, 0.1) is 0 Å². The Hall–Kier alpha value is -2.06. The fourth-order valence-corrected chi connectivity index (χ4v) is 1.67. The fraction of sp³-hybridized carbons (Fsp3) is 0.429. The summed E-state index contributed by atoms with van der Waals surface area (Å²) in [6, 6.07) is 4.00.